The Kier molecular flexibility index (Phi) is 5.17. The first-order chi connectivity index (χ1) is 14.3. The Morgan fingerprint density at radius 3 is 2.33 bits per heavy atom. The van der Waals surface area contributed by atoms with E-state index in [4.69, 9.17) is 9.47 Å². The summed E-state index contributed by atoms with van der Waals surface area (Å²) >= 11 is 0. The lowest BCUT2D eigenvalue weighted by atomic mass is 9.86. The van der Waals surface area contributed by atoms with E-state index < -0.39 is 0 Å². The van der Waals surface area contributed by atoms with E-state index in [-0.39, 0.29) is 17.0 Å². The number of fused-ring (bicyclic) bond motifs is 1. The van der Waals surface area contributed by atoms with Gasteiger partial charge < -0.3 is 9.47 Å². The lowest BCUT2D eigenvalue weighted by molar-refractivity contribution is 0.101. The Labute approximate surface area is 175 Å². The fourth-order valence-electron chi connectivity index (χ4n) is 3.24. The number of allylic oxidation sites excluding steroid dienone is 1. The average molecular weight is 402 g/mol. The van der Waals surface area contributed by atoms with E-state index in [2.05, 4.69) is 32.9 Å². The van der Waals surface area contributed by atoms with Crippen molar-refractivity contribution in [3.63, 3.8) is 0 Å². The predicted octanol–water partition coefficient (Wildman–Crippen LogP) is 6.32. The summed E-state index contributed by atoms with van der Waals surface area (Å²) < 4.78 is 24.6. The van der Waals surface area contributed by atoms with Crippen LogP contribution in [0.5, 0.6) is 11.5 Å². The molecule has 1 aliphatic heterocycles. The predicted molar refractivity (Wildman–Crippen MR) is 115 cm³/mol. The maximum Gasteiger partial charge on any atom is 0.231 e. The molecule has 0 aliphatic carbocycles. The number of ketones is 1. The van der Waals surface area contributed by atoms with E-state index in [9.17, 15) is 9.18 Å². The molecule has 0 radical (unpaired) electrons. The highest BCUT2D eigenvalue weighted by Crippen LogP contribution is 2.35. The Bertz CT molecular complexity index is 1100. The fraction of sp³-hybridized carbons (Fsp3) is 0.192. The van der Waals surface area contributed by atoms with Crippen LogP contribution in [-0.4, -0.2) is 5.78 Å². The minimum atomic E-state index is -0.282. The summed E-state index contributed by atoms with van der Waals surface area (Å²) in [6.07, 6.45) is 1.76. The highest BCUT2D eigenvalue weighted by atomic mass is 19.1. The summed E-state index contributed by atoms with van der Waals surface area (Å²) in [6, 6.07) is 19.4. The molecule has 30 heavy (non-hydrogen) atoms. The van der Waals surface area contributed by atoms with Crippen molar-refractivity contribution in [2.45, 2.75) is 32.8 Å². The van der Waals surface area contributed by atoms with Crippen LogP contribution in [0.25, 0.3) is 6.08 Å². The van der Waals surface area contributed by atoms with Gasteiger partial charge in [-0.2, -0.15) is 0 Å². The van der Waals surface area contributed by atoms with Crippen LogP contribution in [0.1, 0.15) is 47.8 Å². The number of hydrogen-bond acceptors (Lipinski definition) is 3. The zero-order chi connectivity index (χ0) is 21.3. The standard InChI is InChI=1S/C26H23FO3/c1-26(2,3)19-8-4-17(5-9-19)14-24-25(28)22-13-12-21(15-23(22)30-24)29-16-18-6-10-20(27)11-7-18/h4-15H,16H2,1-3H3/b24-14-. The largest absolute Gasteiger partial charge is 0.489 e. The van der Waals surface area contributed by atoms with Gasteiger partial charge in [-0.3, -0.25) is 4.79 Å². The summed E-state index contributed by atoms with van der Waals surface area (Å²) in [4.78, 5) is 12.7. The molecule has 0 aromatic heterocycles. The summed E-state index contributed by atoms with van der Waals surface area (Å²) in [5.41, 5.74) is 3.59. The third kappa shape index (κ3) is 4.28. The molecule has 3 aromatic rings. The molecule has 4 rings (SSSR count). The van der Waals surface area contributed by atoms with Crippen molar-refractivity contribution in [2.75, 3.05) is 0 Å². The van der Waals surface area contributed by atoms with Crippen LogP contribution in [-0.2, 0) is 12.0 Å². The molecule has 0 atom stereocenters. The van der Waals surface area contributed by atoms with Gasteiger partial charge in [-0.05, 0) is 52.4 Å². The maximum absolute atomic E-state index is 13.0. The molecule has 152 valence electrons. The normalized spacial score (nSPS) is 14.5. The van der Waals surface area contributed by atoms with E-state index in [1.807, 2.05) is 12.1 Å². The van der Waals surface area contributed by atoms with Gasteiger partial charge in [-0.15, -0.1) is 0 Å². The van der Waals surface area contributed by atoms with Gasteiger partial charge in [0, 0.05) is 6.07 Å². The molecule has 0 unspecified atom stereocenters. The SMILES string of the molecule is CC(C)(C)c1ccc(/C=C2\Oc3cc(OCc4ccc(F)cc4)ccc3C2=O)cc1. The quantitative estimate of drug-likeness (QED) is 0.479. The van der Waals surface area contributed by atoms with Crippen molar-refractivity contribution in [3.05, 3.63) is 101 Å². The van der Waals surface area contributed by atoms with Gasteiger partial charge in [-0.1, -0.05) is 57.2 Å². The lowest BCUT2D eigenvalue weighted by Gasteiger charge is -2.18. The maximum atomic E-state index is 13.0. The van der Waals surface area contributed by atoms with Gasteiger partial charge in [0.05, 0.1) is 5.56 Å². The molecule has 0 spiro atoms. The monoisotopic (exact) mass is 402 g/mol. The number of halogens is 1. The first-order valence-corrected chi connectivity index (χ1v) is 9.86. The second kappa shape index (κ2) is 7.79. The Hall–Kier alpha value is -3.40. The lowest BCUT2D eigenvalue weighted by Crippen LogP contribution is -2.10. The average Bonchev–Trinajstić information content (AvgIpc) is 3.02. The minimum Gasteiger partial charge on any atom is -0.489 e. The van der Waals surface area contributed by atoms with Crippen LogP contribution in [0, 0.1) is 5.82 Å². The van der Waals surface area contributed by atoms with Crippen molar-refractivity contribution >= 4 is 11.9 Å². The molecule has 0 fully saturated rings. The van der Waals surface area contributed by atoms with E-state index >= 15 is 0 Å². The number of benzene rings is 3. The molecule has 3 nitrogen and oxygen atoms in total. The van der Waals surface area contributed by atoms with Crippen molar-refractivity contribution < 1.29 is 18.7 Å². The van der Waals surface area contributed by atoms with Gasteiger partial charge in [0.1, 0.15) is 23.9 Å². The van der Waals surface area contributed by atoms with Crippen molar-refractivity contribution in [3.8, 4) is 11.5 Å². The highest BCUT2D eigenvalue weighted by Gasteiger charge is 2.27. The van der Waals surface area contributed by atoms with Crippen LogP contribution >= 0.6 is 0 Å². The summed E-state index contributed by atoms with van der Waals surface area (Å²) in [5, 5.41) is 0. The molecule has 4 heteroatoms. The van der Waals surface area contributed by atoms with Crippen molar-refractivity contribution in [1.29, 1.82) is 0 Å². The number of ether oxygens (including phenoxy) is 2. The first-order valence-electron chi connectivity index (χ1n) is 9.86. The van der Waals surface area contributed by atoms with Crippen molar-refractivity contribution in [2.24, 2.45) is 0 Å². The molecular formula is C26H23FO3. The van der Waals surface area contributed by atoms with E-state index in [1.54, 1.807) is 36.4 Å². The number of hydrogen-bond donors (Lipinski definition) is 0. The van der Waals surface area contributed by atoms with Crippen LogP contribution in [0.4, 0.5) is 4.39 Å². The van der Waals surface area contributed by atoms with Crippen LogP contribution in [0.15, 0.2) is 72.5 Å². The van der Waals surface area contributed by atoms with Gasteiger partial charge in [0.15, 0.2) is 5.76 Å². The summed E-state index contributed by atoms with van der Waals surface area (Å²) in [7, 11) is 0. The molecule has 1 aliphatic rings. The third-order valence-corrected chi connectivity index (χ3v) is 5.03. The second-order valence-electron chi connectivity index (χ2n) is 8.38. The Balaban J connectivity index is 1.48. The van der Waals surface area contributed by atoms with Gasteiger partial charge in [0.2, 0.25) is 5.78 Å². The fourth-order valence-corrected chi connectivity index (χ4v) is 3.24. The molecule has 0 bridgehead atoms. The van der Waals surface area contributed by atoms with Gasteiger partial charge in [-0.25, -0.2) is 4.39 Å². The van der Waals surface area contributed by atoms with Crippen LogP contribution < -0.4 is 9.47 Å². The number of carbonyl (C=O) groups excluding carboxylic acids is 1. The summed E-state index contributed by atoms with van der Waals surface area (Å²) in [5.74, 6) is 0.936. The molecular weight excluding hydrogens is 379 g/mol. The summed E-state index contributed by atoms with van der Waals surface area (Å²) in [6.45, 7) is 6.79. The number of Topliss-reactive ketones (excluding diaryl/α,β-unsaturated/α-hetero) is 1. The molecule has 0 amide bonds. The molecule has 3 aromatic carbocycles. The zero-order valence-electron chi connectivity index (χ0n) is 17.2. The van der Waals surface area contributed by atoms with E-state index in [0.717, 1.165) is 11.1 Å². The zero-order valence-corrected chi connectivity index (χ0v) is 17.2. The topological polar surface area (TPSA) is 35.5 Å². The number of rotatable bonds is 4. The Morgan fingerprint density at radius 1 is 0.967 bits per heavy atom. The van der Waals surface area contributed by atoms with E-state index in [0.29, 0.717) is 29.4 Å². The van der Waals surface area contributed by atoms with Crippen LogP contribution in [0.2, 0.25) is 0 Å². The Morgan fingerprint density at radius 2 is 1.67 bits per heavy atom. The molecule has 0 saturated heterocycles. The van der Waals surface area contributed by atoms with E-state index in [1.165, 1.54) is 17.7 Å². The van der Waals surface area contributed by atoms with Gasteiger partial charge in [0.25, 0.3) is 0 Å². The third-order valence-electron chi connectivity index (χ3n) is 5.03. The second-order valence-corrected chi connectivity index (χ2v) is 8.38. The molecule has 1 heterocycles. The van der Waals surface area contributed by atoms with Crippen molar-refractivity contribution in [1.82, 2.24) is 0 Å². The number of carbonyl (C=O) groups is 1. The van der Waals surface area contributed by atoms with Gasteiger partial charge >= 0.3 is 0 Å². The molecule has 0 saturated carbocycles. The van der Waals surface area contributed by atoms with Crippen LogP contribution in [0.3, 0.4) is 0 Å². The first kappa shape index (κ1) is 19.9. The highest BCUT2D eigenvalue weighted by molar-refractivity contribution is 6.14. The molecule has 0 N–H and O–H groups in total. The smallest absolute Gasteiger partial charge is 0.231 e. The minimum absolute atomic E-state index is 0.0753.